The second-order valence-electron chi connectivity index (χ2n) is 12.2. The van der Waals surface area contributed by atoms with Crippen LogP contribution < -0.4 is 0 Å². The monoisotopic (exact) mass is 678 g/mol. The highest BCUT2D eigenvalue weighted by molar-refractivity contribution is 7.93. The molecule has 10 nitrogen and oxygen atoms in total. The molecule has 6 rings (SSSR count). The molecule has 1 unspecified atom stereocenters. The van der Waals surface area contributed by atoms with Crippen molar-refractivity contribution in [1.29, 1.82) is 0 Å². The van der Waals surface area contributed by atoms with Crippen LogP contribution in [0.3, 0.4) is 0 Å². The molecule has 0 saturated carbocycles. The van der Waals surface area contributed by atoms with E-state index < -0.39 is 33.9 Å². The summed E-state index contributed by atoms with van der Waals surface area (Å²) in [5.41, 5.74) is 2.96. The van der Waals surface area contributed by atoms with Crippen LogP contribution in [-0.4, -0.2) is 80.9 Å². The molecule has 15 heteroatoms. The fourth-order valence-corrected chi connectivity index (χ4v) is 9.01. The Kier molecular flexibility index (Phi) is 8.34. The summed E-state index contributed by atoms with van der Waals surface area (Å²) >= 11 is 6.42. The molecule has 0 amide bonds. The zero-order chi connectivity index (χ0) is 33.1. The van der Waals surface area contributed by atoms with E-state index in [1.165, 1.54) is 16.6 Å². The number of hydrogen-bond acceptors (Lipinski definition) is 7. The molecule has 3 aromatic rings. The number of sulfonamides is 1. The summed E-state index contributed by atoms with van der Waals surface area (Å²) < 4.78 is 71.4. The number of carboxylic acid groups (broad SMARTS) is 1. The molecule has 0 spiro atoms. The first-order valence-corrected chi connectivity index (χ1v) is 16.8. The van der Waals surface area contributed by atoms with Gasteiger partial charge in [-0.15, -0.1) is 10.2 Å². The number of fused-ring (bicyclic) bond motifs is 3. The number of carbonyl (C=O) groups is 1. The number of rotatable bonds is 6. The standard InChI is InChI=1S/C31H34ClF3N6O4S/c1-18-7-8-20(25(14-27(42)43)24-9-11-41-28(19(24)2)36-37-30(41)31(33,34)35)12-21(18)15-39-17-23-6-4-5-10-40(23)29-26(46(39,44)45)13-22(32)16-38(29)3/h7-9,11-13,23,25H,4-6,10,14-17H2,1-3H3,(H,42,43)/t23?,25-/m0/s1. The molecule has 1 saturated heterocycles. The number of aryl methyl sites for hydroxylation is 2. The van der Waals surface area contributed by atoms with E-state index in [4.69, 9.17) is 11.6 Å². The van der Waals surface area contributed by atoms with Gasteiger partial charge in [-0.3, -0.25) is 9.20 Å². The van der Waals surface area contributed by atoms with Crippen LogP contribution in [0.2, 0.25) is 0 Å². The molecule has 2 aromatic heterocycles. The fourth-order valence-electron chi connectivity index (χ4n) is 6.90. The number of carboxylic acids is 1. The molecule has 3 aliphatic heterocycles. The highest BCUT2D eigenvalue weighted by Gasteiger charge is 2.42. The van der Waals surface area contributed by atoms with Crippen LogP contribution >= 0.6 is 11.6 Å². The van der Waals surface area contributed by atoms with Crippen LogP contribution in [0.5, 0.6) is 0 Å². The van der Waals surface area contributed by atoms with Gasteiger partial charge in [0, 0.05) is 49.9 Å². The predicted molar refractivity (Wildman–Crippen MR) is 165 cm³/mol. The lowest BCUT2D eigenvalue weighted by Crippen LogP contribution is -2.47. The van der Waals surface area contributed by atoms with E-state index in [9.17, 15) is 31.5 Å². The Morgan fingerprint density at radius 3 is 2.65 bits per heavy atom. The number of aromatic nitrogens is 3. The van der Waals surface area contributed by atoms with Crippen molar-refractivity contribution >= 4 is 33.2 Å². The third-order valence-corrected chi connectivity index (χ3v) is 11.2. The van der Waals surface area contributed by atoms with Crippen LogP contribution in [0.1, 0.15) is 65.2 Å². The van der Waals surface area contributed by atoms with Crippen LogP contribution in [-0.2, 0) is 27.5 Å². The van der Waals surface area contributed by atoms with Crippen LogP contribution in [0.4, 0.5) is 13.2 Å². The first kappa shape index (κ1) is 32.3. The number of nitrogens with zero attached hydrogens (tertiary/aromatic N) is 6. The lowest BCUT2D eigenvalue weighted by atomic mass is 9.85. The Morgan fingerprint density at radius 2 is 1.93 bits per heavy atom. The molecule has 1 aromatic carbocycles. The van der Waals surface area contributed by atoms with Gasteiger partial charge in [0.1, 0.15) is 10.7 Å². The summed E-state index contributed by atoms with van der Waals surface area (Å²) in [6.07, 6.45) is 0.489. The normalized spacial score (nSPS) is 21.1. The Balaban J connectivity index is 1.41. The SMILES string of the molecule is Cc1ccc([C@H](CC(=O)O)c2ccn3c(C(F)(F)F)nnc3c2C)cc1CN1CC2CCCCN2C2=C(C=C(Cl)CN2C)S1(=O)=O. The lowest BCUT2D eigenvalue weighted by molar-refractivity contribution is -0.145. The number of allylic oxidation sites excluding steroid dienone is 1. The number of pyridine rings is 1. The van der Waals surface area contributed by atoms with Gasteiger partial charge in [-0.1, -0.05) is 29.8 Å². The smallest absolute Gasteiger partial charge is 0.452 e. The van der Waals surface area contributed by atoms with Gasteiger partial charge in [-0.25, -0.2) is 8.42 Å². The van der Waals surface area contributed by atoms with Crippen LogP contribution in [0.25, 0.3) is 5.65 Å². The number of benzene rings is 1. The van der Waals surface area contributed by atoms with E-state index in [0.717, 1.165) is 35.8 Å². The quantitative estimate of drug-likeness (QED) is 0.379. The number of aliphatic carboxylic acids is 1. The Hall–Kier alpha value is -3.62. The first-order valence-electron chi connectivity index (χ1n) is 15.0. The largest absolute Gasteiger partial charge is 0.481 e. The maximum absolute atomic E-state index is 14.3. The molecule has 2 atom stereocenters. The molecular formula is C31H34ClF3N6O4S. The van der Waals surface area contributed by atoms with Gasteiger partial charge in [-0.2, -0.15) is 17.5 Å². The molecular weight excluding hydrogens is 645 g/mol. The summed E-state index contributed by atoms with van der Waals surface area (Å²) in [4.78, 5) is 16.3. The average Bonchev–Trinajstić information content (AvgIpc) is 3.40. The van der Waals surface area contributed by atoms with Gasteiger partial charge in [0.2, 0.25) is 15.8 Å². The highest BCUT2D eigenvalue weighted by atomic mass is 35.5. The van der Waals surface area contributed by atoms with Crippen LogP contribution in [0.15, 0.2) is 52.3 Å². The van der Waals surface area contributed by atoms with Crippen molar-refractivity contribution in [2.75, 3.05) is 26.7 Å². The zero-order valence-corrected chi connectivity index (χ0v) is 27.1. The summed E-state index contributed by atoms with van der Waals surface area (Å²) in [6.45, 7) is 4.95. The van der Waals surface area contributed by atoms with Gasteiger partial charge in [0.15, 0.2) is 5.65 Å². The summed E-state index contributed by atoms with van der Waals surface area (Å²) in [5.74, 6) is -2.35. The molecule has 46 heavy (non-hydrogen) atoms. The minimum atomic E-state index is -4.72. The van der Waals surface area contributed by atoms with Crippen molar-refractivity contribution in [3.63, 3.8) is 0 Å². The third-order valence-electron chi connectivity index (χ3n) is 9.19. The number of alkyl halides is 3. The van der Waals surface area contributed by atoms with E-state index >= 15 is 0 Å². The van der Waals surface area contributed by atoms with Crippen molar-refractivity contribution in [1.82, 2.24) is 28.7 Å². The highest BCUT2D eigenvalue weighted by Crippen LogP contribution is 2.39. The predicted octanol–water partition coefficient (Wildman–Crippen LogP) is 5.21. The molecule has 0 aliphatic carbocycles. The van der Waals surface area contributed by atoms with Crippen molar-refractivity contribution in [3.05, 3.63) is 85.9 Å². The molecule has 0 bridgehead atoms. The average molecular weight is 679 g/mol. The van der Waals surface area contributed by atoms with Gasteiger partial charge in [0.05, 0.1) is 13.0 Å². The van der Waals surface area contributed by atoms with Gasteiger partial charge in [-0.05, 0) is 73.1 Å². The van der Waals surface area contributed by atoms with Gasteiger partial charge in [0.25, 0.3) is 0 Å². The third kappa shape index (κ3) is 5.75. The molecule has 3 aliphatic rings. The zero-order valence-electron chi connectivity index (χ0n) is 25.6. The minimum Gasteiger partial charge on any atom is -0.481 e. The molecule has 5 heterocycles. The maximum Gasteiger partial charge on any atom is 0.452 e. The van der Waals surface area contributed by atoms with Crippen molar-refractivity contribution in [2.45, 2.75) is 64.2 Å². The summed E-state index contributed by atoms with van der Waals surface area (Å²) in [5, 5.41) is 17.4. The summed E-state index contributed by atoms with van der Waals surface area (Å²) in [7, 11) is -2.13. The fraction of sp³-hybridized carbons (Fsp3) is 0.452. The van der Waals surface area contributed by atoms with Crippen LogP contribution in [0, 0.1) is 13.8 Å². The van der Waals surface area contributed by atoms with E-state index in [1.807, 2.05) is 31.0 Å². The summed E-state index contributed by atoms with van der Waals surface area (Å²) in [6, 6.07) is 6.85. The Morgan fingerprint density at radius 1 is 1.17 bits per heavy atom. The van der Waals surface area contributed by atoms with E-state index in [0.29, 0.717) is 39.7 Å². The second kappa shape index (κ2) is 11.9. The van der Waals surface area contributed by atoms with E-state index in [-0.39, 0.29) is 36.1 Å². The van der Waals surface area contributed by atoms with E-state index in [1.54, 1.807) is 19.1 Å². The molecule has 1 fully saturated rings. The van der Waals surface area contributed by atoms with Gasteiger partial charge < -0.3 is 14.9 Å². The Labute approximate surface area is 269 Å². The number of hydrogen-bond donors (Lipinski definition) is 1. The second-order valence-corrected chi connectivity index (χ2v) is 14.6. The first-order chi connectivity index (χ1) is 21.7. The number of piperidine rings is 1. The number of likely N-dealkylation sites (N-methyl/N-ethyl adjacent to an activating group) is 1. The molecule has 1 N–H and O–H groups in total. The van der Waals surface area contributed by atoms with Crippen molar-refractivity contribution < 1.29 is 31.5 Å². The van der Waals surface area contributed by atoms with Gasteiger partial charge >= 0.3 is 12.1 Å². The maximum atomic E-state index is 14.3. The lowest BCUT2D eigenvalue weighted by Gasteiger charge is -2.42. The Bertz CT molecular complexity index is 1890. The molecule has 0 radical (unpaired) electrons. The van der Waals surface area contributed by atoms with Crippen molar-refractivity contribution in [3.8, 4) is 0 Å². The molecule has 246 valence electrons. The van der Waals surface area contributed by atoms with E-state index in [2.05, 4.69) is 15.1 Å². The minimum absolute atomic E-state index is 0.0199. The number of halogens is 4. The topological polar surface area (TPSA) is 111 Å². The van der Waals surface area contributed by atoms with Crippen molar-refractivity contribution in [2.24, 2.45) is 0 Å².